The second kappa shape index (κ2) is 4.24. The van der Waals surface area contributed by atoms with Gasteiger partial charge in [0.1, 0.15) is 6.20 Å². The van der Waals surface area contributed by atoms with Crippen molar-refractivity contribution < 1.29 is 29.0 Å². The van der Waals surface area contributed by atoms with Crippen LogP contribution < -0.4 is 29.0 Å². The van der Waals surface area contributed by atoms with Gasteiger partial charge in [-0.3, -0.25) is 0 Å². The van der Waals surface area contributed by atoms with E-state index in [9.17, 15) is 0 Å². The monoisotopic (exact) mass is 240 g/mol. The third kappa shape index (κ3) is 2.23. The summed E-state index contributed by atoms with van der Waals surface area (Å²) >= 11 is 0. The molecule has 0 fully saturated rings. The van der Waals surface area contributed by atoms with E-state index in [1.54, 1.807) is 0 Å². The number of nitrogens with one attached hydrogen (secondary N) is 1. The molecule has 1 rings (SSSR count). The van der Waals surface area contributed by atoms with E-state index in [0.717, 1.165) is 13.1 Å². The van der Waals surface area contributed by atoms with E-state index >= 15 is 0 Å². The minimum Gasteiger partial charge on any atom is -1.00 e. The molecule has 1 aliphatic rings. The van der Waals surface area contributed by atoms with Crippen LogP contribution in [0.25, 0.3) is 0 Å². The van der Waals surface area contributed by atoms with Gasteiger partial charge < -0.3 is 24.0 Å². The van der Waals surface area contributed by atoms with Crippen molar-refractivity contribution in [1.82, 2.24) is 5.01 Å². The Hall–Kier alpha value is 0.390. The molecule has 0 aliphatic carbocycles. The SMILES string of the molecule is CC[NH+]1C=CCN1C.[I-]. The van der Waals surface area contributed by atoms with Gasteiger partial charge in [-0.25, -0.2) is 5.01 Å². The maximum Gasteiger partial charge on any atom is 0.111 e. The Morgan fingerprint density at radius 2 is 2.33 bits per heavy atom. The summed E-state index contributed by atoms with van der Waals surface area (Å²) in [7, 11) is 2.12. The maximum atomic E-state index is 2.26. The summed E-state index contributed by atoms with van der Waals surface area (Å²) in [5.41, 5.74) is 0. The molecule has 54 valence electrons. The fourth-order valence-corrected chi connectivity index (χ4v) is 0.979. The molecule has 2 nitrogen and oxygen atoms in total. The van der Waals surface area contributed by atoms with E-state index < -0.39 is 0 Å². The van der Waals surface area contributed by atoms with Crippen LogP contribution in [0.4, 0.5) is 0 Å². The molecular formula is C6H13IN2. The molecule has 0 aromatic carbocycles. The molecule has 9 heavy (non-hydrogen) atoms. The van der Waals surface area contributed by atoms with Crippen molar-refractivity contribution in [3.8, 4) is 0 Å². The van der Waals surface area contributed by atoms with E-state index in [1.165, 1.54) is 5.01 Å². The fraction of sp³-hybridized carbons (Fsp3) is 0.667. The van der Waals surface area contributed by atoms with E-state index in [2.05, 4.69) is 31.3 Å². The standard InChI is InChI=1S/C6H12N2.HI/c1-3-8-6-4-5-7(8)2;/h4,6H,3,5H2,1-2H3;1H. The third-order valence-electron chi connectivity index (χ3n) is 1.54. The average molecular weight is 240 g/mol. The first kappa shape index (κ1) is 9.39. The fourth-order valence-electron chi connectivity index (χ4n) is 0.979. The highest BCUT2D eigenvalue weighted by Crippen LogP contribution is 1.78. The van der Waals surface area contributed by atoms with Crippen molar-refractivity contribution >= 4 is 0 Å². The molecule has 0 amide bonds. The zero-order valence-electron chi connectivity index (χ0n) is 5.89. The number of hydrogen-bond acceptors (Lipinski definition) is 1. The Morgan fingerprint density at radius 3 is 2.56 bits per heavy atom. The molecule has 0 spiro atoms. The summed E-state index contributed by atoms with van der Waals surface area (Å²) in [6.45, 7) is 4.44. The molecule has 1 unspecified atom stereocenters. The zero-order valence-corrected chi connectivity index (χ0v) is 8.05. The van der Waals surface area contributed by atoms with E-state index in [0.29, 0.717) is 0 Å². The molecule has 0 radical (unpaired) electrons. The Kier molecular flexibility index (Phi) is 4.43. The van der Waals surface area contributed by atoms with Gasteiger partial charge in [-0.05, 0) is 13.0 Å². The van der Waals surface area contributed by atoms with Crippen LogP contribution in [0.3, 0.4) is 0 Å². The number of hydrogen-bond donors (Lipinski definition) is 1. The lowest BCUT2D eigenvalue weighted by molar-refractivity contribution is -0.958. The highest BCUT2D eigenvalue weighted by molar-refractivity contribution is 4.77. The number of rotatable bonds is 1. The van der Waals surface area contributed by atoms with Gasteiger partial charge in [-0.15, -0.1) is 0 Å². The summed E-state index contributed by atoms with van der Waals surface area (Å²) in [4.78, 5) is 0. The molecule has 1 N–H and O–H groups in total. The lowest BCUT2D eigenvalue weighted by Crippen LogP contribution is -3.11. The Bertz CT molecular complexity index is 103. The van der Waals surface area contributed by atoms with Gasteiger partial charge in [-0.1, -0.05) is 0 Å². The molecule has 0 saturated heterocycles. The summed E-state index contributed by atoms with van der Waals surface area (Å²) in [6, 6.07) is 0. The van der Waals surface area contributed by atoms with Crippen LogP contribution in [0.5, 0.6) is 0 Å². The first-order valence-corrected chi connectivity index (χ1v) is 3.08. The number of nitrogens with zero attached hydrogens (tertiary/aromatic N) is 1. The van der Waals surface area contributed by atoms with Crippen LogP contribution in [0, 0.1) is 0 Å². The zero-order chi connectivity index (χ0) is 5.98. The quantitative estimate of drug-likeness (QED) is 0.463. The van der Waals surface area contributed by atoms with Gasteiger partial charge in [0.05, 0.1) is 13.1 Å². The van der Waals surface area contributed by atoms with Crippen molar-refractivity contribution in [2.24, 2.45) is 0 Å². The molecule has 1 atom stereocenters. The molecule has 0 bridgehead atoms. The number of halogens is 1. The highest BCUT2D eigenvalue weighted by Gasteiger charge is 2.12. The summed E-state index contributed by atoms with van der Waals surface area (Å²) in [5, 5.41) is 3.71. The first-order valence-electron chi connectivity index (χ1n) is 3.08. The predicted octanol–water partition coefficient (Wildman–Crippen LogP) is -3.73. The molecule has 0 saturated carbocycles. The van der Waals surface area contributed by atoms with Gasteiger partial charge in [-0.2, -0.15) is 5.01 Å². The minimum atomic E-state index is 0. The predicted molar refractivity (Wildman–Crippen MR) is 33.3 cm³/mol. The Morgan fingerprint density at radius 1 is 1.67 bits per heavy atom. The van der Waals surface area contributed by atoms with Crippen LogP contribution in [-0.4, -0.2) is 25.1 Å². The van der Waals surface area contributed by atoms with Crippen molar-refractivity contribution in [2.45, 2.75) is 6.92 Å². The van der Waals surface area contributed by atoms with Crippen molar-refractivity contribution in [2.75, 3.05) is 20.1 Å². The highest BCUT2D eigenvalue weighted by atomic mass is 127. The molecule has 0 aromatic rings. The first-order chi connectivity index (χ1) is 3.84. The Labute approximate surface area is 73.5 Å². The smallest absolute Gasteiger partial charge is 0.111 e. The molecule has 3 heteroatoms. The van der Waals surface area contributed by atoms with Crippen LogP contribution >= 0.6 is 0 Å². The Balaban J connectivity index is 0.000000640. The van der Waals surface area contributed by atoms with Crippen LogP contribution in [0.2, 0.25) is 0 Å². The van der Waals surface area contributed by atoms with Gasteiger partial charge in [0.25, 0.3) is 0 Å². The normalized spacial score (nSPS) is 26.2. The number of likely N-dealkylation sites (N-methyl/N-ethyl adjacent to an activating group) is 1. The van der Waals surface area contributed by atoms with Gasteiger partial charge in [0, 0.05) is 7.05 Å². The largest absolute Gasteiger partial charge is 1.00 e. The van der Waals surface area contributed by atoms with Gasteiger partial charge >= 0.3 is 0 Å². The van der Waals surface area contributed by atoms with Crippen LogP contribution in [0.15, 0.2) is 12.3 Å². The van der Waals surface area contributed by atoms with E-state index in [-0.39, 0.29) is 24.0 Å². The lowest BCUT2D eigenvalue weighted by atomic mass is 10.6. The number of quaternary nitrogens is 1. The van der Waals surface area contributed by atoms with Crippen molar-refractivity contribution in [3.63, 3.8) is 0 Å². The second-order valence-corrected chi connectivity index (χ2v) is 2.13. The molecule has 0 aromatic heterocycles. The average Bonchev–Trinajstić information content (AvgIpc) is 2.14. The van der Waals surface area contributed by atoms with Crippen molar-refractivity contribution in [1.29, 1.82) is 0 Å². The second-order valence-electron chi connectivity index (χ2n) is 2.13. The van der Waals surface area contributed by atoms with E-state index in [1.807, 2.05) is 0 Å². The van der Waals surface area contributed by atoms with Crippen molar-refractivity contribution in [3.05, 3.63) is 12.3 Å². The summed E-state index contributed by atoms with van der Waals surface area (Å²) in [5.74, 6) is 0. The molecular weight excluding hydrogens is 227 g/mol. The molecule has 1 heterocycles. The third-order valence-corrected chi connectivity index (χ3v) is 1.54. The van der Waals surface area contributed by atoms with E-state index in [4.69, 9.17) is 0 Å². The van der Waals surface area contributed by atoms with Gasteiger partial charge in [0.15, 0.2) is 0 Å². The van der Waals surface area contributed by atoms with Gasteiger partial charge in [0.2, 0.25) is 0 Å². The van der Waals surface area contributed by atoms with Crippen LogP contribution in [-0.2, 0) is 0 Å². The molecule has 1 aliphatic heterocycles. The lowest BCUT2D eigenvalue weighted by Gasteiger charge is -2.15. The summed E-state index contributed by atoms with van der Waals surface area (Å²) < 4.78 is 0. The summed E-state index contributed by atoms with van der Waals surface area (Å²) in [6.07, 6.45) is 4.39. The minimum absolute atomic E-state index is 0. The topological polar surface area (TPSA) is 7.68 Å². The van der Waals surface area contributed by atoms with Crippen LogP contribution in [0.1, 0.15) is 6.92 Å². The maximum absolute atomic E-state index is 2.26.